The van der Waals surface area contributed by atoms with Crippen molar-refractivity contribution in [3.05, 3.63) is 57.6 Å². The minimum absolute atomic E-state index is 0.211. The molecule has 0 aliphatic rings. The number of hydrazone groups is 1. The van der Waals surface area contributed by atoms with E-state index in [1.165, 1.54) is 19.4 Å². The van der Waals surface area contributed by atoms with Gasteiger partial charge in [-0.2, -0.15) is 18.3 Å². The first-order valence-corrected chi connectivity index (χ1v) is 8.77. The number of methoxy groups -OCH3 is 1. The molecule has 2 rings (SSSR count). The molecule has 0 bridgehead atoms. The monoisotopic (exact) mass is 441 g/mol. The van der Waals surface area contributed by atoms with E-state index in [4.69, 9.17) is 9.47 Å². The Bertz CT molecular complexity index is 979. The first kappa shape index (κ1) is 23.4. The van der Waals surface area contributed by atoms with Crippen LogP contribution in [0.25, 0.3) is 0 Å². The number of benzene rings is 2. The van der Waals surface area contributed by atoms with Crippen LogP contribution in [0.1, 0.15) is 18.1 Å². The zero-order valence-corrected chi connectivity index (χ0v) is 16.4. The normalized spacial score (nSPS) is 11.3. The Morgan fingerprint density at radius 1 is 1.19 bits per heavy atom. The molecule has 2 aromatic carbocycles. The largest absolute Gasteiger partial charge is 0.490 e. The molecule has 0 unspecified atom stereocenters. The second-order valence-corrected chi connectivity index (χ2v) is 5.86. The van der Waals surface area contributed by atoms with Crippen LogP contribution < -0.4 is 14.9 Å². The van der Waals surface area contributed by atoms with E-state index in [0.717, 1.165) is 6.07 Å². The van der Waals surface area contributed by atoms with Gasteiger partial charge in [-0.1, -0.05) is 0 Å². The number of alkyl halides is 3. The summed E-state index contributed by atoms with van der Waals surface area (Å²) in [4.78, 5) is 21.4. The molecule has 0 heterocycles. The number of nitrogens with one attached hydrogen (secondary N) is 1. The Kier molecular flexibility index (Phi) is 7.77. The summed E-state index contributed by atoms with van der Waals surface area (Å²) in [6.07, 6.45) is -3.42. The SMILES string of the molecule is CCOc1cc(/C=N\Nc2ccc(C(F)(F)F)cc2[N+](=O)[O-])ccc1OCC(=O)OC. The van der Waals surface area contributed by atoms with Crippen LogP contribution in [0.4, 0.5) is 24.5 Å². The fourth-order valence-electron chi connectivity index (χ4n) is 2.32. The quantitative estimate of drug-likeness (QED) is 0.271. The molecule has 0 amide bonds. The van der Waals surface area contributed by atoms with Gasteiger partial charge in [0.15, 0.2) is 18.1 Å². The van der Waals surface area contributed by atoms with E-state index in [2.05, 4.69) is 15.3 Å². The Balaban J connectivity index is 2.19. The van der Waals surface area contributed by atoms with E-state index in [-0.39, 0.29) is 18.0 Å². The first-order chi connectivity index (χ1) is 14.7. The van der Waals surface area contributed by atoms with Crippen molar-refractivity contribution in [1.82, 2.24) is 0 Å². The van der Waals surface area contributed by atoms with Crippen molar-refractivity contribution >= 4 is 23.6 Å². The third-order valence-electron chi connectivity index (χ3n) is 3.76. The number of hydrogen-bond acceptors (Lipinski definition) is 8. The minimum Gasteiger partial charge on any atom is -0.490 e. The Morgan fingerprint density at radius 2 is 1.94 bits per heavy atom. The second-order valence-electron chi connectivity index (χ2n) is 5.86. The summed E-state index contributed by atoms with van der Waals surface area (Å²) < 4.78 is 53.6. The average Bonchev–Trinajstić information content (AvgIpc) is 2.72. The van der Waals surface area contributed by atoms with Gasteiger partial charge in [0.05, 0.1) is 30.4 Å². The minimum atomic E-state index is -4.71. The van der Waals surface area contributed by atoms with Crippen molar-refractivity contribution in [1.29, 1.82) is 0 Å². The van der Waals surface area contributed by atoms with Crippen LogP contribution in [0.2, 0.25) is 0 Å². The van der Waals surface area contributed by atoms with E-state index in [1.54, 1.807) is 19.1 Å². The van der Waals surface area contributed by atoms with Gasteiger partial charge in [-0.15, -0.1) is 0 Å². The lowest BCUT2D eigenvalue weighted by molar-refractivity contribution is -0.384. The van der Waals surface area contributed by atoms with Crippen LogP contribution in [0, 0.1) is 10.1 Å². The van der Waals surface area contributed by atoms with Gasteiger partial charge in [0.2, 0.25) is 0 Å². The number of nitro groups is 1. The molecule has 0 radical (unpaired) electrons. The fraction of sp³-hybridized carbons (Fsp3) is 0.263. The number of halogens is 3. The first-order valence-electron chi connectivity index (χ1n) is 8.77. The third-order valence-corrected chi connectivity index (χ3v) is 3.76. The summed E-state index contributed by atoms with van der Waals surface area (Å²) >= 11 is 0. The van der Waals surface area contributed by atoms with Gasteiger partial charge in [-0.3, -0.25) is 15.5 Å². The summed E-state index contributed by atoms with van der Waals surface area (Å²) in [5.41, 5.74) is 0.737. The third kappa shape index (κ3) is 6.59. The van der Waals surface area contributed by atoms with E-state index < -0.39 is 28.3 Å². The number of carbonyl (C=O) groups is 1. The molecular weight excluding hydrogens is 423 g/mol. The fourth-order valence-corrected chi connectivity index (χ4v) is 2.32. The standard InChI is InChI=1S/C19H18F3N3O6/c1-3-30-17-8-12(4-7-16(17)31-11-18(26)29-2)10-23-24-14-6-5-13(19(20,21)22)9-15(14)25(27)28/h4-10,24H,3,11H2,1-2H3/b23-10-. The highest BCUT2D eigenvalue weighted by molar-refractivity contribution is 5.82. The Morgan fingerprint density at radius 3 is 2.55 bits per heavy atom. The van der Waals surface area contributed by atoms with Crippen LogP contribution in [-0.4, -0.2) is 37.4 Å². The summed E-state index contributed by atoms with van der Waals surface area (Å²) in [7, 11) is 1.22. The number of ether oxygens (including phenoxy) is 3. The summed E-state index contributed by atoms with van der Waals surface area (Å²) in [6, 6.07) is 6.71. The number of rotatable bonds is 9. The van der Waals surface area contributed by atoms with Crippen molar-refractivity contribution in [3.63, 3.8) is 0 Å². The van der Waals surface area contributed by atoms with E-state index in [9.17, 15) is 28.1 Å². The van der Waals surface area contributed by atoms with Gasteiger partial charge in [0, 0.05) is 6.07 Å². The maximum atomic E-state index is 12.8. The van der Waals surface area contributed by atoms with Crippen molar-refractivity contribution < 1.29 is 37.1 Å². The van der Waals surface area contributed by atoms with Crippen LogP contribution >= 0.6 is 0 Å². The zero-order valence-electron chi connectivity index (χ0n) is 16.4. The number of nitro benzene ring substituents is 1. The molecule has 0 spiro atoms. The molecule has 2 aromatic rings. The van der Waals surface area contributed by atoms with Crippen molar-refractivity contribution in [2.24, 2.45) is 5.10 Å². The molecule has 0 fully saturated rings. The highest BCUT2D eigenvalue weighted by Gasteiger charge is 2.33. The summed E-state index contributed by atoms with van der Waals surface area (Å²) in [5, 5.41) is 14.9. The van der Waals surface area contributed by atoms with E-state index in [1.807, 2.05) is 0 Å². The van der Waals surface area contributed by atoms with Gasteiger partial charge < -0.3 is 14.2 Å². The maximum Gasteiger partial charge on any atom is 0.416 e. The second kappa shape index (κ2) is 10.3. The molecule has 0 atom stereocenters. The average molecular weight is 441 g/mol. The zero-order chi connectivity index (χ0) is 23.0. The maximum absolute atomic E-state index is 12.8. The highest BCUT2D eigenvalue weighted by atomic mass is 19.4. The molecule has 0 saturated carbocycles. The van der Waals surface area contributed by atoms with Gasteiger partial charge in [-0.25, -0.2) is 4.79 Å². The van der Waals surface area contributed by atoms with Crippen molar-refractivity contribution in [3.8, 4) is 11.5 Å². The number of hydrogen-bond donors (Lipinski definition) is 1. The van der Waals surface area contributed by atoms with Gasteiger partial charge in [-0.05, 0) is 42.8 Å². The lowest BCUT2D eigenvalue weighted by Gasteiger charge is -2.11. The number of esters is 1. The van der Waals surface area contributed by atoms with Gasteiger partial charge in [0.25, 0.3) is 5.69 Å². The molecule has 9 nitrogen and oxygen atoms in total. The lowest BCUT2D eigenvalue weighted by Crippen LogP contribution is -2.13. The van der Waals surface area contributed by atoms with Crippen LogP contribution in [0.3, 0.4) is 0 Å². The lowest BCUT2D eigenvalue weighted by atomic mass is 10.1. The molecule has 31 heavy (non-hydrogen) atoms. The summed E-state index contributed by atoms with van der Waals surface area (Å²) in [5.74, 6) is 0.0297. The predicted octanol–water partition coefficient (Wildman–Crippen LogP) is 4.01. The van der Waals surface area contributed by atoms with E-state index in [0.29, 0.717) is 30.1 Å². The molecule has 0 aromatic heterocycles. The molecule has 12 heteroatoms. The van der Waals surface area contributed by atoms with Crippen LogP contribution in [0.5, 0.6) is 11.5 Å². The molecule has 0 aliphatic carbocycles. The van der Waals surface area contributed by atoms with Gasteiger partial charge in [0.1, 0.15) is 5.69 Å². The topological polar surface area (TPSA) is 112 Å². The van der Waals surface area contributed by atoms with Gasteiger partial charge >= 0.3 is 12.1 Å². The smallest absolute Gasteiger partial charge is 0.416 e. The Labute approximate surface area is 174 Å². The molecule has 1 N–H and O–H groups in total. The van der Waals surface area contributed by atoms with Crippen molar-refractivity contribution in [2.75, 3.05) is 25.7 Å². The van der Waals surface area contributed by atoms with E-state index >= 15 is 0 Å². The molecule has 0 saturated heterocycles. The summed E-state index contributed by atoms with van der Waals surface area (Å²) in [6.45, 7) is 1.74. The number of nitrogens with zero attached hydrogens (tertiary/aromatic N) is 2. The van der Waals surface area contributed by atoms with Crippen LogP contribution in [-0.2, 0) is 15.7 Å². The van der Waals surface area contributed by atoms with Crippen molar-refractivity contribution in [2.45, 2.75) is 13.1 Å². The Hall–Kier alpha value is -3.83. The molecule has 166 valence electrons. The highest BCUT2D eigenvalue weighted by Crippen LogP contribution is 2.35. The predicted molar refractivity (Wildman–Crippen MR) is 104 cm³/mol. The number of carbonyl (C=O) groups excluding carboxylic acids is 1. The molecular formula is C19H18F3N3O6. The molecule has 0 aliphatic heterocycles. The number of anilines is 1. The van der Waals surface area contributed by atoms with Crippen LogP contribution in [0.15, 0.2) is 41.5 Å².